The minimum absolute atomic E-state index is 0.146. The lowest BCUT2D eigenvalue weighted by Gasteiger charge is -2.24. The average Bonchev–Trinajstić information content (AvgIpc) is 3.09. The number of carboxylic acid groups (broad SMARTS) is 1. The summed E-state index contributed by atoms with van der Waals surface area (Å²) in [6.07, 6.45) is 3.03. The van der Waals surface area contributed by atoms with Gasteiger partial charge in [0.15, 0.2) is 5.54 Å². The molecule has 8 heteroatoms. The zero-order chi connectivity index (χ0) is 15.5. The van der Waals surface area contributed by atoms with Gasteiger partial charge in [-0.15, -0.1) is 11.3 Å². The molecular formula is C13H14N2O5S. The van der Waals surface area contributed by atoms with Gasteiger partial charge >= 0.3 is 5.97 Å². The highest BCUT2D eigenvalue weighted by atomic mass is 32.1. The van der Waals surface area contributed by atoms with Gasteiger partial charge in [-0.3, -0.25) is 4.79 Å². The Bertz CT molecular complexity index is 637. The van der Waals surface area contributed by atoms with E-state index in [0.717, 1.165) is 5.56 Å². The molecule has 2 aromatic rings. The van der Waals surface area contributed by atoms with Crippen molar-refractivity contribution in [3.8, 4) is 10.6 Å². The number of hydrogen-bond acceptors (Lipinski definition) is 6. The van der Waals surface area contributed by atoms with E-state index < -0.39 is 17.4 Å². The van der Waals surface area contributed by atoms with Gasteiger partial charge < -0.3 is 19.6 Å². The summed E-state index contributed by atoms with van der Waals surface area (Å²) >= 11 is 1.27. The lowest BCUT2D eigenvalue weighted by atomic mass is 10.0. The molecule has 2 rings (SSSR count). The number of aromatic nitrogens is 1. The first-order valence-corrected chi connectivity index (χ1v) is 6.87. The van der Waals surface area contributed by atoms with Crippen molar-refractivity contribution < 1.29 is 23.8 Å². The Morgan fingerprint density at radius 2 is 2.33 bits per heavy atom. The van der Waals surface area contributed by atoms with Crippen molar-refractivity contribution in [2.24, 2.45) is 0 Å². The van der Waals surface area contributed by atoms with E-state index in [1.807, 2.05) is 0 Å². The average molecular weight is 310 g/mol. The summed E-state index contributed by atoms with van der Waals surface area (Å²) in [4.78, 5) is 27.5. The number of aliphatic carboxylic acids is 1. The third-order valence-corrected chi connectivity index (χ3v) is 3.69. The van der Waals surface area contributed by atoms with Crippen LogP contribution in [0.4, 0.5) is 0 Å². The molecule has 0 bridgehead atoms. The van der Waals surface area contributed by atoms with Crippen molar-refractivity contribution in [3.05, 3.63) is 29.7 Å². The van der Waals surface area contributed by atoms with E-state index in [0.29, 0.717) is 5.01 Å². The van der Waals surface area contributed by atoms with Gasteiger partial charge in [0.25, 0.3) is 5.91 Å². The summed E-state index contributed by atoms with van der Waals surface area (Å²) in [6.45, 7) is 1.23. The van der Waals surface area contributed by atoms with Gasteiger partial charge in [-0.1, -0.05) is 0 Å². The van der Waals surface area contributed by atoms with Crippen LogP contribution >= 0.6 is 11.3 Å². The van der Waals surface area contributed by atoms with E-state index in [9.17, 15) is 14.7 Å². The fraction of sp³-hybridized carbons (Fsp3) is 0.308. The van der Waals surface area contributed by atoms with E-state index in [2.05, 4.69) is 10.3 Å². The van der Waals surface area contributed by atoms with Gasteiger partial charge in [-0.25, -0.2) is 9.78 Å². The maximum atomic E-state index is 12.1. The van der Waals surface area contributed by atoms with Gasteiger partial charge in [-0.05, 0) is 13.0 Å². The number of rotatable bonds is 6. The normalized spacial score (nSPS) is 13.6. The van der Waals surface area contributed by atoms with Crippen LogP contribution in [-0.4, -0.2) is 41.2 Å². The van der Waals surface area contributed by atoms with Gasteiger partial charge in [0.2, 0.25) is 0 Å². The molecule has 1 unspecified atom stereocenters. The first kappa shape index (κ1) is 15.2. The highest BCUT2D eigenvalue weighted by molar-refractivity contribution is 7.13. The van der Waals surface area contributed by atoms with Crippen molar-refractivity contribution in [3.63, 3.8) is 0 Å². The van der Waals surface area contributed by atoms with Crippen LogP contribution in [0.15, 0.2) is 28.4 Å². The molecule has 0 saturated heterocycles. The highest BCUT2D eigenvalue weighted by Gasteiger charge is 2.35. The maximum Gasteiger partial charge on any atom is 0.331 e. The van der Waals surface area contributed by atoms with E-state index in [-0.39, 0.29) is 12.3 Å². The number of carboxylic acids is 1. The Morgan fingerprint density at radius 3 is 2.90 bits per heavy atom. The summed E-state index contributed by atoms with van der Waals surface area (Å²) in [5, 5.41) is 13.8. The van der Waals surface area contributed by atoms with E-state index in [1.165, 1.54) is 37.9 Å². The van der Waals surface area contributed by atoms with Crippen LogP contribution in [0.3, 0.4) is 0 Å². The first-order chi connectivity index (χ1) is 9.96. The minimum Gasteiger partial charge on any atom is -0.479 e. The maximum absolute atomic E-state index is 12.1. The van der Waals surface area contributed by atoms with Crippen molar-refractivity contribution in [1.29, 1.82) is 0 Å². The fourth-order valence-corrected chi connectivity index (χ4v) is 2.44. The smallest absolute Gasteiger partial charge is 0.331 e. The topological polar surface area (TPSA) is 102 Å². The number of nitrogens with one attached hydrogen (secondary N) is 1. The summed E-state index contributed by atoms with van der Waals surface area (Å²) in [5.74, 6) is -1.74. The number of methoxy groups -OCH3 is 1. The van der Waals surface area contributed by atoms with Gasteiger partial charge in [0.1, 0.15) is 17.0 Å². The van der Waals surface area contributed by atoms with Crippen molar-refractivity contribution in [2.45, 2.75) is 12.5 Å². The summed E-state index contributed by atoms with van der Waals surface area (Å²) in [5.41, 5.74) is -0.595. The predicted octanol–water partition coefficient (Wildman–Crippen LogP) is 1.62. The number of furan rings is 1. The monoisotopic (exact) mass is 310 g/mol. The molecular weight excluding hydrogens is 296 g/mol. The van der Waals surface area contributed by atoms with Crippen molar-refractivity contribution >= 4 is 23.2 Å². The number of ether oxygens (including phenoxy) is 1. The molecule has 7 nitrogen and oxygen atoms in total. The van der Waals surface area contributed by atoms with Gasteiger partial charge in [0, 0.05) is 18.1 Å². The van der Waals surface area contributed by atoms with E-state index >= 15 is 0 Å². The Morgan fingerprint density at radius 1 is 1.57 bits per heavy atom. The van der Waals surface area contributed by atoms with Crippen LogP contribution in [0.1, 0.15) is 17.4 Å². The molecule has 0 saturated carbocycles. The number of nitrogens with zero attached hydrogens (tertiary/aromatic N) is 1. The predicted molar refractivity (Wildman–Crippen MR) is 75.2 cm³/mol. The number of hydrogen-bond donors (Lipinski definition) is 2. The lowest BCUT2D eigenvalue weighted by molar-refractivity contribution is -0.145. The third-order valence-electron chi connectivity index (χ3n) is 2.80. The molecule has 2 N–H and O–H groups in total. The second-order valence-corrected chi connectivity index (χ2v) is 5.43. The standard InChI is InChI=1S/C13H14N2O5S/c1-13(7-19-2,12(17)18)15-10(16)9-6-21-11(14-9)8-3-4-20-5-8/h3-6H,7H2,1-2H3,(H,15,16)(H,17,18). The van der Waals surface area contributed by atoms with Gasteiger partial charge in [-0.2, -0.15) is 0 Å². The van der Waals surface area contributed by atoms with Crippen LogP contribution in [0.25, 0.3) is 10.6 Å². The molecule has 0 fully saturated rings. The third kappa shape index (κ3) is 3.29. The van der Waals surface area contributed by atoms with Crippen LogP contribution in [-0.2, 0) is 9.53 Å². The van der Waals surface area contributed by atoms with Gasteiger partial charge in [0.05, 0.1) is 12.9 Å². The van der Waals surface area contributed by atoms with Crippen LogP contribution in [0.2, 0.25) is 0 Å². The van der Waals surface area contributed by atoms with Crippen LogP contribution in [0.5, 0.6) is 0 Å². The Hall–Kier alpha value is -2.19. The Labute approximate surface area is 124 Å². The molecule has 0 radical (unpaired) electrons. The second kappa shape index (κ2) is 6.06. The largest absolute Gasteiger partial charge is 0.479 e. The number of thiazole rings is 1. The van der Waals surface area contributed by atoms with Crippen molar-refractivity contribution in [1.82, 2.24) is 10.3 Å². The van der Waals surface area contributed by atoms with Crippen LogP contribution < -0.4 is 5.32 Å². The SMILES string of the molecule is COCC(C)(NC(=O)c1csc(-c2ccoc2)n1)C(=O)O. The zero-order valence-electron chi connectivity index (χ0n) is 11.5. The highest BCUT2D eigenvalue weighted by Crippen LogP contribution is 2.24. The molecule has 112 valence electrons. The summed E-state index contributed by atoms with van der Waals surface area (Å²) in [6, 6.07) is 1.73. The quantitative estimate of drug-likeness (QED) is 0.840. The Balaban J connectivity index is 2.15. The lowest BCUT2D eigenvalue weighted by Crippen LogP contribution is -2.55. The van der Waals surface area contributed by atoms with Crippen molar-refractivity contribution in [2.75, 3.05) is 13.7 Å². The molecule has 0 aliphatic rings. The first-order valence-electron chi connectivity index (χ1n) is 5.99. The second-order valence-electron chi connectivity index (χ2n) is 4.57. The molecule has 2 heterocycles. The molecule has 0 aliphatic carbocycles. The molecule has 1 amide bonds. The number of carbonyl (C=O) groups excluding carboxylic acids is 1. The zero-order valence-corrected chi connectivity index (χ0v) is 12.3. The van der Waals surface area contributed by atoms with E-state index in [1.54, 1.807) is 11.4 Å². The van der Waals surface area contributed by atoms with Crippen LogP contribution in [0, 0.1) is 0 Å². The molecule has 21 heavy (non-hydrogen) atoms. The summed E-state index contributed by atoms with van der Waals surface area (Å²) in [7, 11) is 1.37. The molecule has 2 aromatic heterocycles. The molecule has 1 atom stereocenters. The fourth-order valence-electron chi connectivity index (χ4n) is 1.65. The minimum atomic E-state index is -1.51. The molecule has 0 aromatic carbocycles. The Kier molecular flexibility index (Phi) is 4.39. The molecule has 0 aliphatic heterocycles. The number of amides is 1. The van der Waals surface area contributed by atoms with E-state index in [4.69, 9.17) is 9.15 Å². The number of carbonyl (C=O) groups is 2. The molecule has 0 spiro atoms. The summed E-state index contributed by atoms with van der Waals surface area (Å²) < 4.78 is 9.80.